The van der Waals surface area contributed by atoms with Crippen molar-refractivity contribution < 1.29 is 45.5 Å². The van der Waals surface area contributed by atoms with E-state index in [1.807, 2.05) is 0 Å². The van der Waals surface area contributed by atoms with Crippen LogP contribution in [0.25, 0.3) is 11.1 Å². The fourth-order valence-electron chi connectivity index (χ4n) is 2.83. The second-order valence-electron chi connectivity index (χ2n) is 6.43. The highest BCUT2D eigenvalue weighted by Crippen LogP contribution is 2.36. The highest BCUT2D eigenvalue weighted by atomic mass is 79.9. The first-order valence-corrected chi connectivity index (χ1v) is 9.35. The summed E-state index contributed by atoms with van der Waals surface area (Å²) in [6.07, 6.45) is -9.11. The van der Waals surface area contributed by atoms with E-state index in [0.717, 1.165) is 12.3 Å². The number of rotatable bonds is 3. The minimum atomic E-state index is -5.33. The first kappa shape index (κ1) is 24.1. The Balaban J connectivity index is 2.10. The van der Waals surface area contributed by atoms with Gasteiger partial charge in [0.15, 0.2) is 5.78 Å². The Bertz CT molecular complexity index is 1240. The van der Waals surface area contributed by atoms with Gasteiger partial charge in [-0.15, -0.1) is 0 Å². The Hall–Kier alpha value is -3.55. The van der Waals surface area contributed by atoms with Crippen LogP contribution in [-0.4, -0.2) is 40.7 Å². The fraction of sp³-hybridized carbons (Fsp3) is 0.105. The molecule has 0 fully saturated rings. The van der Waals surface area contributed by atoms with Gasteiger partial charge in [0, 0.05) is 28.0 Å². The number of anilines is 1. The average Bonchev–Trinajstić information content (AvgIpc) is 2.71. The molecule has 0 saturated heterocycles. The summed E-state index contributed by atoms with van der Waals surface area (Å²) in [4.78, 5) is 51.5. The lowest BCUT2D eigenvalue weighted by Gasteiger charge is -2.20. The van der Waals surface area contributed by atoms with Crippen molar-refractivity contribution in [2.24, 2.45) is 0 Å². The monoisotopic (exact) mass is 535 g/mol. The van der Waals surface area contributed by atoms with Crippen LogP contribution in [0.4, 0.5) is 32.0 Å². The van der Waals surface area contributed by atoms with Crippen molar-refractivity contribution in [2.75, 3.05) is 5.32 Å². The molecule has 1 aliphatic carbocycles. The number of carbonyl (C=O) groups is 4. The van der Waals surface area contributed by atoms with Crippen LogP contribution in [0.3, 0.4) is 0 Å². The lowest BCUT2D eigenvalue weighted by Crippen LogP contribution is -2.40. The van der Waals surface area contributed by atoms with Crippen molar-refractivity contribution in [2.45, 2.75) is 12.4 Å². The Morgan fingerprint density at radius 1 is 0.879 bits per heavy atom. The third kappa shape index (κ3) is 4.94. The maximum Gasteiger partial charge on any atom is 0.471 e. The number of nitrogens with one attached hydrogen (secondary N) is 2. The number of Topliss-reactive ketones (excluding diaryl/α,β-unsaturated/α-hetero) is 1. The minimum absolute atomic E-state index is 0.113. The van der Waals surface area contributed by atoms with E-state index in [1.54, 1.807) is 5.32 Å². The SMILES string of the molecule is O=C1C(NC(=O)C(F)(F)F)=CC(=O)c2c(-c3cc(Br)ccc3NC(=O)C(F)(F)F)ccnc21. The van der Waals surface area contributed by atoms with E-state index in [1.165, 1.54) is 23.5 Å². The minimum Gasteiger partial charge on any atom is -0.318 e. The molecule has 3 rings (SSSR count). The van der Waals surface area contributed by atoms with Gasteiger partial charge in [-0.25, -0.2) is 0 Å². The van der Waals surface area contributed by atoms with Crippen molar-refractivity contribution in [3.05, 3.63) is 58.0 Å². The van der Waals surface area contributed by atoms with Gasteiger partial charge < -0.3 is 10.6 Å². The predicted molar refractivity (Wildman–Crippen MR) is 103 cm³/mol. The Morgan fingerprint density at radius 3 is 2.09 bits per heavy atom. The number of aromatic nitrogens is 1. The molecule has 2 amide bonds. The lowest BCUT2D eigenvalue weighted by atomic mass is 9.89. The van der Waals surface area contributed by atoms with Gasteiger partial charge in [0.05, 0.1) is 11.3 Å². The number of amides is 2. The first-order valence-electron chi connectivity index (χ1n) is 8.56. The van der Waals surface area contributed by atoms with Gasteiger partial charge >= 0.3 is 24.2 Å². The molecular formula is C19H8BrF6N3O4. The van der Waals surface area contributed by atoms with Crippen LogP contribution in [0.1, 0.15) is 20.8 Å². The number of hydrogen-bond acceptors (Lipinski definition) is 5. The number of benzene rings is 1. The molecule has 0 saturated carbocycles. The van der Waals surface area contributed by atoms with Gasteiger partial charge in [-0.05, 0) is 29.8 Å². The Kier molecular flexibility index (Phi) is 6.15. The largest absolute Gasteiger partial charge is 0.471 e. The summed E-state index contributed by atoms with van der Waals surface area (Å²) in [5.74, 6) is -7.05. The van der Waals surface area contributed by atoms with Gasteiger partial charge in [-0.2, -0.15) is 26.3 Å². The number of allylic oxidation sites excluding steroid dienone is 2. The molecule has 0 atom stereocenters. The van der Waals surface area contributed by atoms with Crippen LogP contribution in [0.5, 0.6) is 0 Å². The molecule has 172 valence electrons. The third-order valence-corrected chi connectivity index (χ3v) is 4.71. The molecule has 1 aliphatic rings. The smallest absolute Gasteiger partial charge is 0.318 e. The van der Waals surface area contributed by atoms with Crippen LogP contribution in [-0.2, 0) is 9.59 Å². The van der Waals surface area contributed by atoms with Crippen LogP contribution in [0.15, 0.2) is 46.7 Å². The van der Waals surface area contributed by atoms with Crippen molar-refractivity contribution >= 4 is 45.0 Å². The van der Waals surface area contributed by atoms with Gasteiger partial charge in [-0.1, -0.05) is 15.9 Å². The summed E-state index contributed by atoms with van der Waals surface area (Å²) >= 11 is 3.11. The zero-order valence-electron chi connectivity index (χ0n) is 15.7. The molecule has 14 heteroatoms. The summed E-state index contributed by atoms with van der Waals surface area (Å²) in [6, 6.07) is 4.84. The molecule has 1 aromatic heterocycles. The molecule has 2 N–H and O–H groups in total. The fourth-order valence-corrected chi connectivity index (χ4v) is 3.19. The van der Waals surface area contributed by atoms with Gasteiger partial charge in [0.25, 0.3) is 0 Å². The van der Waals surface area contributed by atoms with Gasteiger partial charge in [0.1, 0.15) is 5.69 Å². The molecule has 1 aromatic carbocycles. The summed E-state index contributed by atoms with van der Waals surface area (Å²) in [7, 11) is 0. The predicted octanol–water partition coefficient (Wildman–Crippen LogP) is 3.95. The molecule has 0 bridgehead atoms. The molecule has 0 unspecified atom stereocenters. The number of hydrogen-bond donors (Lipinski definition) is 2. The first-order chi connectivity index (χ1) is 15.2. The number of pyridine rings is 1. The number of alkyl halides is 6. The van der Waals surface area contributed by atoms with E-state index in [4.69, 9.17) is 0 Å². The molecule has 0 spiro atoms. The number of nitrogens with zero attached hydrogens (tertiary/aromatic N) is 1. The quantitative estimate of drug-likeness (QED) is 0.579. The molecule has 33 heavy (non-hydrogen) atoms. The topological polar surface area (TPSA) is 105 Å². The normalized spacial score (nSPS) is 13.8. The summed E-state index contributed by atoms with van der Waals surface area (Å²) in [5.41, 5.74) is -2.65. The Morgan fingerprint density at radius 2 is 1.48 bits per heavy atom. The third-order valence-electron chi connectivity index (χ3n) is 4.22. The number of carbonyl (C=O) groups excluding carboxylic acids is 4. The highest BCUT2D eigenvalue weighted by Gasteiger charge is 2.42. The lowest BCUT2D eigenvalue weighted by molar-refractivity contribution is -0.172. The maximum atomic E-state index is 12.7. The molecular weight excluding hydrogens is 528 g/mol. The molecule has 0 aliphatic heterocycles. The van der Waals surface area contributed by atoms with E-state index in [9.17, 15) is 45.5 Å². The van der Waals surface area contributed by atoms with Crippen LogP contribution < -0.4 is 10.6 Å². The second-order valence-corrected chi connectivity index (χ2v) is 7.34. The molecule has 0 radical (unpaired) electrons. The number of ketones is 2. The van der Waals surface area contributed by atoms with Crippen LogP contribution in [0, 0.1) is 0 Å². The van der Waals surface area contributed by atoms with Crippen molar-refractivity contribution in [1.82, 2.24) is 10.3 Å². The highest BCUT2D eigenvalue weighted by molar-refractivity contribution is 9.10. The Labute approximate surface area is 188 Å². The molecule has 2 aromatic rings. The molecule has 7 nitrogen and oxygen atoms in total. The van der Waals surface area contributed by atoms with Crippen LogP contribution in [0.2, 0.25) is 0 Å². The number of halogens is 7. The zero-order valence-corrected chi connectivity index (χ0v) is 17.3. The van der Waals surface area contributed by atoms with E-state index < -0.39 is 52.7 Å². The zero-order chi connectivity index (χ0) is 24.7. The maximum absolute atomic E-state index is 12.7. The van der Waals surface area contributed by atoms with E-state index >= 15 is 0 Å². The van der Waals surface area contributed by atoms with E-state index in [-0.39, 0.29) is 16.8 Å². The van der Waals surface area contributed by atoms with Crippen molar-refractivity contribution in [1.29, 1.82) is 0 Å². The molecule has 1 heterocycles. The van der Waals surface area contributed by atoms with Crippen molar-refractivity contribution in [3.63, 3.8) is 0 Å². The van der Waals surface area contributed by atoms with E-state index in [2.05, 4.69) is 20.9 Å². The van der Waals surface area contributed by atoms with E-state index in [0.29, 0.717) is 10.5 Å². The summed E-state index contributed by atoms with van der Waals surface area (Å²) in [5, 5.41) is 2.96. The standard InChI is InChI=1S/C19H8BrF6N3O4/c20-7-1-2-10(28-16(32)18(21,22)23)9(5-7)8-3-4-27-14-13(8)12(30)6-11(15(14)31)29-17(33)19(24,25)26/h1-6H,(H,28,32)(H,29,33). The summed E-state index contributed by atoms with van der Waals surface area (Å²) < 4.78 is 76.0. The average molecular weight is 536 g/mol. The van der Waals surface area contributed by atoms with Crippen LogP contribution >= 0.6 is 15.9 Å². The van der Waals surface area contributed by atoms with Gasteiger partial charge in [0.2, 0.25) is 5.78 Å². The second kappa shape index (κ2) is 8.42. The van der Waals surface area contributed by atoms with Crippen molar-refractivity contribution in [3.8, 4) is 11.1 Å². The van der Waals surface area contributed by atoms with Gasteiger partial charge in [-0.3, -0.25) is 24.2 Å². The summed E-state index contributed by atoms with van der Waals surface area (Å²) in [6.45, 7) is 0. The number of fused-ring (bicyclic) bond motifs is 1.